The molecule has 0 aromatic heterocycles. The molecule has 0 radical (unpaired) electrons. The Kier molecular flexibility index (Phi) is 9.54. The average Bonchev–Trinajstić information content (AvgIpc) is 2.82. The number of amides is 1. The van der Waals surface area contributed by atoms with E-state index >= 15 is 0 Å². The molecule has 0 aliphatic carbocycles. The average molecular weight is 544 g/mol. The number of anilines is 1. The fourth-order valence-electron chi connectivity index (χ4n) is 3.59. The maximum absolute atomic E-state index is 12.5. The predicted molar refractivity (Wildman–Crippen MR) is 147 cm³/mol. The van der Waals surface area contributed by atoms with Crippen molar-refractivity contribution in [1.29, 1.82) is 0 Å². The van der Waals surface area contributed by atoms with E-state index < -0.39 is 22.5 Å². The normalized spacial score (nSPS) is 11.4. The molecule has 0 saturated heterocycles. The third kappa shape index (κ3) is 8.23. The van der Waals surface area contributed by atoms with Crippen molar-refractivity contribution in [3.05, 3.63) is 87.9 Å². The Morgan fingerprint density at radius 2 is 1.84 bits per heavy atom. The Morgan fingerprint density at radius 1 is 1.05 bits per heavy atom. The molecule has 3 rings (SSSR count). The molecule has 0 spiro atoms. The quantitative estimate of drug-likeness (QED) is 0.275. The third-order valence-corrected chi connectivity index (χ3v) is 6.62. The molecule has 0 saturated carbocycles. The Balaban J connectivity index is 1.67. The number of rotatable bonds is 11. The van der Waals surface area contributed by atoms with E-state index in [1.807, 2.05) is 38.1 Å². The minimum absolute atomic E-state index is 0.321. The highest BCUT2D eigenvalue weighted by molar-refractivity contribution is 7.92. The first-order valence-corrected chi connectivity index (χ1v) is 13.8. The number of hydrogen-bond acceptors (Lipinski definition) is 6. The molecule has 10 heteroatoms. The molecule has 0 aliphatic rings. The van der Waals surface area contributed by atoms with Gasteiger partial charge in [0.2, 0.25) is 10.0 Å². The summed E-state index contributed by atoms with van der Waals surface area (Å²) >= 11 is 6.04. The van der Waals surface area contributed by atoms with E-state index in [0.29, 0.717) is 41.0 Å². The van der Waals surface area contributed by atoms with Crippen LogP contribution in [0.1, 0.15) is 29.2 Å². The molecule has 8 nitrogen and oxygen atoms in total. The number of nitrogens with one attached hydrogen (secondary N) is 1. The number of hydrogen-bond donors (Lipinski definition) is 1. The minimum Gasteiger partial charge on any atom is -0.490 e. The minimum atomic E-state index is -3.69. The van der Waals surface area contributed by atoms with Crippen LogP contribution in [-0.2, 0) is 21.4 Å². The maximum Gasteiger partial charge on any atom is 0.260 e. The summed E-state index contributed by atoms with van der Waals surface area (Å²) in [5.74, 6) is 0.506. The van der Waals surface area contributed by atoms with Gasteiger partial charge < -0.3 is 9.47 Å². The van der Waals surface area contributed by atoms with Crippen LogP contribution < -0.4 is 19.2 Å². The van der Waals surface area contributed by atoms with Gasteiger partial charge in [0.15, 0.2) is 11.5 Å². The van der Waals surface area contributed by atoms with Crippen molar-refractivity contribution >= 4 is 39.4 Å². The summed E-state index contributed by atoms with van der Waals surface area (Å²) in [5, 5.41) is 4.62. The predicted octanol–water partition coefficient (Wildman–Crippen LogP) is 4.85. The number of ether oxygens (including phenoxy) is 2. The van der Waals surface area contributed by atoms with E-state index in [9.17, 15) is 13.2 Å². The molecule has 0 aliphatic heterocycles. The monoisotopic (exact) mass is 543 g/mol. The van der Waals surface area contributed by atoms with Crippen LogP contribution in [0.3, 0.4) is 0 Å². The SMILES string of the molecule is CCOc1cc(/C=N\NC(=O)CN(c2ccc(C)cc2C)S(C)(=O)=O)ccc1OCc1cccc(Cl)c1. The molecule has 1 N–H and O–H groups in total. The van der Waals surface area contributed by atoms with Gasteiger partial charge in [0, 0.05) is 5.02 Å². The first-order chi connectivity index (χ1) is 17.6. The molecule has 0 atom stereocenters. The second-order valence-electron chi connectivity index (χ2n) is 8.41. The molecular weight excluding hydrogens is 514 g/mol. The number of halogens is 1. The van der Waals surface area contributed by atoms with E-state index in [1.165, 1.54) is 6.21 Å². The number of carbonyl (C=O) groups is 1. The highest BCUT2D eigenvalue weighted by atomic mass is 35.5. The molecule has 0 fully saturated rings. The molecule has 3 aromatic rings. The van der Waals surface area contributed by atoms with Crippen molar-refractivity contribution in [2.45, 2.75) is 27.4 Å². The smallest absolute Gasteiger partial charge is 0.260 e. The summed E-state index contributed by atoms with van der Waals surface area (Å²) in [5.41, 5.74) is 6.17. The molecule has 0 bridgehead atoms. The Morgan fingerprint density at radius 3 is 2.51 bits per heavy atom. The zero-order valence-electron chi connectivity index (χ0n) is 21.2. The lowest BCUT2D eigenvalue weighted by atomic mass is 10.1. The van der Waals surface area contributed by atoms with Gasteiger partial charge in [-0.25, -0.2) is 13.8 Å². The molecule has 1 amide bonds. The largest absolute Gasteiger partial charge is 0.490 e. The van der Waals surface area contributed by atoms with Crippen LogP contribution in [0.2, 0.25) is 5.02 Å². The lowest BCUT2D eigenvalue weighted by molar-refractivity contribution is -0.119. The number of nitrogens with zero attached hydrogens (tertiary/aromatic N) is 2. The van der Waals surface area contributed by atoms with E-state index in [2.05, 4.69) is 10.5 Å². The number of benzene rings is 3. The lowest BCUT2D eigenvalue weighted by Gasteiger charge is -2.23. The van der Waals surface area contributed by atoms with E-state index in [0.717, 1.165) is 27.3 Å². The van der Waals surface area contributed by atoms with Crippen molar-refractivity contribution in [2.75, 3.05) is 23.7 Å². The van der Waals surface area contributed by atoms with Gasteiger partial charge in [0.1, 0.15) is 13.2 Å². The summed E-state index contributed by atoms with van der Waals surface area (Å²) < 4.78 is 37.4. The van der Waals surface area contributed by atoms with Crippen LogP contribution in [-0.4, -0.2) is 39.9 Å². The standard InChI is InChI=1S/C27H30ClN3O5S/c1-5-35-26-15-21(10-12-25(26)36-18-22-7-6-8-23(28)14-22)16-29-30-27(32)17-31(37(4,33)34)24-11-9-19(2)13-20(24)3/h6-16H,5,17-18H2,1-4H3,(H,30,32)/b29-16-. The zero-order chi connectivity index (χ0) is 27.0. The Bertz CT molecular complexity index is 1390. The number of hydrazone groups is 1. The van der Waals surface area contributed by atoms with Crippen molar-refractivity contribution in [1.82, 2.24) is 5.43 Å². The zero-order valence-corrected chi connectivity index (χ0v) is 22.8. The van der Waals surface area contributed by atoms with E-state index in [4.69, 9.17) is 21.1 Å². The molecule has 0 unspecified atom stereocenters. The summed E-state index contributed by atoms with van der Waals surface area (Å²) in [6, 6.07) is 18.0. The van der Waals surface area contributed by atoms with Crippen molar-refractivity contribution in [3.63, 3.8) is 0 Å². The molecule has 196 valence electrons. The fourth-order valence-corrected chi connectivity index (χ4v) is 4.72. The second kappa shape index (κ2) is 12.6. The van der Waals surface area contributed by atoms with Crippen LogP contribution in [0.15, 0.2) is 65.8 Å². The Hall–Kier alpha value is -3.56. The summed E-state index contributed by atoms with van der Waals surface area (Å²) in [6.07, 6.45) is 2.51. The van der Waals surface area contributed by atoms with Gasteiger partial charge in [-0.15, -0.1) is 0 Å². The van der Waals surface area contributed by atoms with E-state index in [-0.39, 0.29) is 0 Å². The van der Waals surface area contributed by atoms with Gasteiger partial charge in [-0.05, 0) is 73.9 Å². The highest BCUT2D eigenvalue weighted by Gasteiger charge is 2.22. The number of carbonyl (C=O) groups excluding carboxylic acids is 1. The van der Waals surface area contributed by atoms with Gasteiger partial charge in [0.05, 0.1) is 24.8 Å². The number of sulfonamides is 1. The second-order valence-corrected chi connectivity index (χ2v) is 10.8. The highest BCUT2D eigenvalue weighted by Crippen LogP contribution is 2.29. The van der Waals surface area contributed by atoms with Gasteiger partial charge in [-0.2, -0.15) is 5.10 Å². The van der Waals surface area contributed by atoms with Crippen molar-refractivity contribution in [3.8, 4) is 11.5 Å². The summed E-state index contributed by atoms with van der Waals surface area (Å²) in [6.45, 7) is 5.93. The molecule has 37 heavy (non-hydrogen) atoms. The van der Waals surface area contributed by atoms with Crippen LogP contribution in [0.25, 0.3) is 0 Å². The lowest BCUT2D eigenvalue weighted by Crippen LogP contribution is -2.39. The number of aryl methyl sites for hydroxylation is 2. The molecule has 3 aromatic carbocycles. The topological polar surface area (TPSA) is 97.3 Å². The molecule has 0 heterocycles. The van der Waals surface area contributed by atoms with Crippen LogP contribution >= 0.6 is 11.6 Å². The van der Waals surface area contributed by atoms with Gasteiger partial charge in [-0.3, -0.25) is 9.10 Å². The third-order valence-electron chi connectivity index (χ3n) is 5.26. The maximum atomic E-state index is 12.5. The summed E-state index contributed by atoms with van der Waals surface area (Å²) in [4.78, 5) is 12.5. The van der Waals surface area contributed by atoms with Crippen LogP contribution in [0.5, 0.6) is 11.5 Å². The first kappa shape index (κ1) is 28.0. The van der Waals surface area contributed by atoms with Crippen molar-refractivity contribution < 1.29 is 22.7 Å². The first-order valence-electron chi connectivity index (χ1n) is 11.6. The van der Waals surface area contributed by atoms with Crippen LogP contribution in [0.4, 0.5) is 5.69 Å². The molecular formula is C27H30ClN3O5S. The summed E-state index contributed by atoms with van der Waals surface area (Å²) in [7, 11) is -3.69. The van der Waals surface area contributed by atoms with Gasteiger partial charge >= 0.3 is 0 Å². The van der Waals surface area contributed by atoms with Gasteiger partial charge in [-0.1, -0.05) is 41.4 Å². The van der Waals surface area contributed by atoms with Crippen molar-refractivity contribution in [2.24, 2.45) is 5.10 Å². The van der Waals surface area contributed by atoms with E-state index in [1.54, 1.807) is 43.3 Å². The fraction of sp³-hybridized carbons (Fsp3) is 0.259. The van der Waals surface area contributed by atoms with Gasteiger partial charge in [0.25, 0.3) is 5.91 Å². The van der Waals surface area contributed by atoms with Crippen LogP contribution in [0, 0.1) is 13.8 Å². The Labute approximate surface area is 222 Å².